The van der Waals surface area contributed by atoms with Crippen LogP contribution in [-0.4, -0.2) is 22.8 Å². The highest BCUT2D eigenvalue weighted by Gasteiger charge is 2.19. The fourth-order valence-electron chi connectivity index (χ4n) is 1.39. The monoisotopic (exact) mass is 254 g/mol. The first-order valence-corrected chi connectivity index (χ1v) is 5.61. The van der Waals surface area contributed by atoms with E-state index in [9.17, 15) is 9.18 Å². The van der Waals surface area contributed by atoms with E-state index in [-0.39, 0.29) is 16.7 Å². The van der Waals surface area contributed by atoms with Crippen LogP contribution in [0, 0.1) is 11.7 Å². The second-order valence-electron chi connectivity index (χ2n) is 3.94. The van der Waals surface area contributed by atoms with E-state index in [4.69, 9.17) is 18.0 Å². The van der Waals surface area contributed by atoms with Gasteiger partial charge in [-0.3, -0.25) is 4.79 Å². The molecule has 0 radical (unpaired) electrons. The Morgan fingerprint density at radius 1 is 1.47 bits per heavy atom. The van der Waals surface area contributed by atoms with Crippen LogP contribution < -0.4 is 5.73 Å². The van der Waals surface area contributed by atoms with Crippen molar-refractivity contribution in [3.05, 3.63) is 35.6 Å². The standard InChI is InChI=1S/C12H15FN2OS/c1-8(11(14)17)12(16)15(2)7-9-3-5-10(13)6-4-9/h3-6,8H,7H2,1-2H3,(H2,14,17). The Hall–Kier alpha value is -1.49. The summed E-state index contributed by atoms with van der Waals surface area (Å²) in [6.45, 7) is 2.08. The van der Waals surface area contributed by atoms with Crippen molar-refractivity contribution < 1.29 is 9.18 Å². The maximum atomic E-state index is 12.7. The highest BCUT2D eigenvalue weighted by molar-refractivity contribution is 7.80. The zero-order valence-electron chi connectivity index (χ0n) is 9.81. The first-order valence-electron chi connectivity index (χ1n) is 5.20. The quantitative estimate of drug-likeness (QED) is 0.832. The molecule has 0 bridgehead atoms. The van der Waals surface area contributed by atoms with Crippen molar-refractivity contribution in [2.75, 3.05) is 7.05 Å². The molecule has 17 heavy (non-hydrogen) atoms. The van der Waals surface area contributed by atoms with E-state index in [2.05, 4.69) is 0 Å². The van der Waals surface area contributed by atoms with Crippen LogP contribution in [0.3, 0.4) is 0 Å². The third kappa shape index (κ3) is 3.78. The molecule has 0 saturated carbocycles. The third-order valence-electron chi connectivity index (χ3n) is 2.51. The molecule has 5 heteroatoms. The zero-order valence-corrected chi connectivity index (χ0v) is 10.6. The van der Waals surface area contributed by atoms with Gasteiger partial charge in [0.15, 0.2) is 0 Å². The summed E-state index contributed by atoms with van der Waals surface area (Å²) in [7, 11) is 1.67. The van der Waals surface area contributed by atoms with Gasteiger partial charge in [-0.1, -0.05) is 24.4 Å². The van der Waals surface area contributed by atoms with Gasteiger partial charge in [-0.2, -0.15) is 0 Å². The molecule has 0 spiro atoms. The van der Waals surface area contributed by atoms with E-state index < -0.39 is 5.92 Å². The fraction of sp³-hybridized carbons (Fsp3) is 0.333. The normalized spacial score (nSPS) is 11.9. The number of amides is 1. The summed E-state index contributed by atoms with van der Waals surface area (Å²) < 4.78 is 12.7. The number of hydrogen-bond donors (Lipinski definition) is 1. The average molecular weight is 254 g/mol. The minimum Gasteiger partial charge on any atom is -0.393 e. The molecule has 1 amide bonds. The van der Waals surface area contributed by atoms with Crippen LogP contribution in [0.15, 0.2) is 24.3 Å². The van der Waals surface area contributed by atoms with E-state index in [0.29, 0.717) is 6.54 Å². The Labute approximate surface area is 105 Å². The number of hydrogen-bond acceptors (Lipinski definition) is 2. The first-order chi connectivity index (χ1) is 7.91. The van der Waals surface area contributed by atoms with Gasteiger partial charge in [-0.25, -0.2) is 4.39 Å². The predicted octanol–water partition coefficient (Wildman–Crippen LogP) is 1.71. The lowest BCUT2D eigenvalue weighted by Gasteiger charge is -2.20. The van der Waals surface area contributed by atoms with Crippen LogP contribution in [0.1, 0.15) is 12.5 Å². The van der Waals surface area contributed by atoms with Crippen molar-refractivity contribution in [2.45, 2.75) is 13.5 Å². The Balaban J connectivity index is 2.66. The van der Waals surface area contributed by atoms with Crippen LogP contribution in [0.5, 0.6) is 0 Å². The topological polar surface area (TPSA) is 46.3 Å². The van der Waals surface area contributed by atoms with Gasteiger partial charge in [-0.05, 0) is 24.6 Å². The summed E-state index contributed by atoms with van der Waals surface area (Å²) in [5.74, 6) is -0.906. The molecule has 0 saturated heterocycles. The second kappa shape index (κ2) is 5.72. The minimum atomic E-state index is -0.476. The number of halogens is 1. The van der Waals surface area contributed by atoms with Crippen molar-refractivity contribution in [3.63, 3.8) is 0 Å². The molecule has 1 unspecified atom stereocenters. The number of carbonyl (C=O) groups is 1. The molecule has 1 atom stereocenters. The summed E-state index contributed by atoms with van der Waals surface area (Å²) >= 11 is 4.78. The van der Waals surface area contributed by atoms with E-state index in [1.54, 1.807) is 26.1 Å². The van der Waals surface area contributed by atoms with Crippen LogP contribution in [-0.2, 0) is 11.3 Å². The molecule has 0 aromatic heterocycles. The highest BCUT2D eigenvalue weighted by atomic mass is 32.1. The largest absolute Gasteiger partial charge is 0.393 e. The van der Waals surface area contributed by atoms with E-state index in [1.807, 2.05) is 0 Å². The molecule has 1 aromatic carbocycles. The van der Waals surface area contributed by atoms with Gasteiger partial charge in [0.1, 0.15) is 5.82 Å². The van der Waals surface area contributed by atoms with Gasteiger partial charge in [0.25, 0.3) is 0 Å². The van der Waals surface area contributed by atoms with Gasteiger partial charge < -0.3 is 10.6 Å². The summed E-state index contributed by atoms with van der Waals surface area (Å²) in [6.07, 6.45) is 0. The summed E-state index contributed by atoms with van der Waals surface area (Å²) in [5.41, 5.74) is 6.28. The lowest BCUT2D eigenvalue weighted by molar-refractivity contribution is -0.132. The Morgan fingerprint density at radius 3 is 2.47 bits per heavy atom. The number of nitrogens with two attached hydrogens (primary N) is 1. The van der Waals surface area contributed by atoms with E-state index in [1.165, 1.54) is 17.0 Å². The molecule has 0 fully saturated rings. The molecule has 2 N–H and O–H groups in total. The molecule has 92 valence electrons. The molecule has 1 rings (SSSR count). The molecular weight excluding hydrogens is 239 g/mol. The maximum absolute atomic E-state index is 12.7. The fourth-order valence-corrected chi connectivity index (χ4v) is 1.49. The van der Waals surface area contributed by atoms with Gasteiger partial charge in [0.05, 0.1) is 10.9 Å². The second-order valence-corrected chi connectivity index (χ2v) is 4.42. The summed E-state index contributed by atoms with van der Waals surface area (Å²) in [6, 6.07) is 6.02. The van der Waals surface area contributed by atoms with E-state index in [0.717, 1.165) is 5.56 Å². The predicted molar refractivity (Wildman–Crippen MR) is 68.8 cm³/mol. The van der Waals surface area contributed by atoms with Crippen molar-refractivity contribution in [3.8, 4) is 0 Å². The van der Waals surface area contributed by atoms with Crippen molar-refractivity contribution in [2.24, 2.45) is 11.7 Å². The number of benzene rings is 1. The molecular formula is C12H15FN2OS. The Bertz CT molecular complexity index is 419. The van der Waals surface area contributed by atoms with Gasteiger partial charge in [0.2, 0.25) is 5.91 Å². The van der Waals surface area contributed by atoms with Crippen LogP contribution in [0.25, 0.3) is 0 Å². The van der Waals surface area contributed by atoms with Gasteiger partial charge in [0, 0.05) is 13.6 Å². The number of nitrogens with zero attached hydrogens (tertiary/aromatic N) is 1. The molecule has 0 aliphatic carbocycles. The van der Waals surface area contributed by atoms with Crippen molar-refractivity contribution >= 4 is 23.1 Å². The molecule has 0 heterocycles. The van der Waals surface area contributed by atoms with Gasteiger partial charge in [-0.15, -0.1) is 0 Å². The van der Waals surface area contributed by atoms with Crippen LogP contribution in [0.4, 0.5) is 4.39 Å². The number of rotatable bonds is 4. The van der Waals surface area contributed by atoms with Gasteiger partial charge >= 0.3 is 0 Å². The Kier molecular flexibility index (Phi) is 4.57. The third-order valence-corrected chi connectivity index (χ3v) is 2.86. The lowest BCUT2D eigenvalue weighted by Crippen LogP contribution is -2.37. The van der Waals surface area contributed by atoms with Crippen LogP contribution >= 0.6 is 12.2 Å². The molecule has 3 nitrogen and oxygen atoms in total. The van der Waals surface area contributed by atoms with Crippen LogP contribution in [0.2, 0.25) is 0 Å². The van der Waals surface area contributed by atoms with Crippen molar-refractivity contribution in [1.82, 2.24) is 4.90 Å². The molecule has 0 aliphatic heterocycles. The smallest absolute Gasteiger partial charge is 0.232 e. The zero-order chi connectivity index (χ0) is 13.0. The van der Waals surface area contributed by atoms with E-state index >= 15 is 0 Å². The number of thiocarbonyl (C=S) groups is 1. The summed E-state index contributed by atoms with van der Waals surface area (Å²) in [5, 5.41) is 0. The number of carbonyl (C=O) groups excluding carboxylic acids is 1. The summed E-state index contributed by atoms with van der Waals surface area (Å²) in [4.78, 5) is 13.5. The molecule has 1 aromatic rings. The average Bonchev–Trinajstić information content (AvgIpc) is 2.30. The first kappa shape index (κ1) is 13.6. The SMILES string of the molecule is CC(C(=O)N(C)Cc1ccc(F)cc1)C(N)=S. The lowest BCUT2D eigenvalue weighted by atomic mass is 10.1. The highest BCUT2D eigenvalue weighted by Crippen LogP contribution is 2.08. The molecule has 0 aliphatic rings. The Morgan fingerprint density at radius 2 is 2.00 bits per heavy atom. The maximum Gasteiger partial charge on any atom is 0.232 e. The minimum absolute atomic E-state index is 0.137. The van der Waals surface area contributed by atoms with Crippen molar-refractivity contribution in [1.29, 1.82) is 0 Å².